The van der Waals surface area contributed by atoms with Gasteiger partial charge in [-0.15, -0.1) is 45.5 Å². The number of hydrogen-bond donors (Lipinski definition) is 2. The van der Waals surface area contributed by atoms with Crippen LogP contribution in [0.4, 0.5) is 0 Å². The predicted octanol–water partition coefficient (Wildman–Crippen LogP) is 3.15. The summed E-state index contributed by atoms with van der Waals surface area (Å²) in [5, 5.41) is 17.1. The van der Waals surface area contributed by atoms with E-state index < -0.39 is 0 Å². The Bertz CT molecular complexity index is 649. The Balaban J connectivity index is 0.00000288. The molecule has 0 atom stereocenters. The van der Waals surface area contributed by atoms with Crippen LogP contribution in [-0.2, 0) is 20.1 Å². The summed E-state index contributed by atoms with van der Waals surface area (Å²) in [6, 6.07) is 2.14. The van der Waals surface area contributed by atoms with Gasteiger partial charge in [0.05, 0.1) is 6.54 Å². The van der Waals surface area contributed by atoms with E-state index in [-0.39, 0.29) is 24.0 Å². The van der Waals surface area contributed by atoms with Crippen molar-refractivity contribution in [1.29, 1.82) is 0 Å². The third kappa shape index (κ3) is 6.04. The molecule has 0 amide bonds. The number of guanidine groups is 1. The minimum atomic E-state index is 0. The smallest absolute Gasteiger partial charge is 0.192 e. The number of hydrogen-bond acceptors (Lipinski definition) is 4. The molecule has 0 aromatic carbocycles. The zero-order valence-corrected chi connectivity index (χ0v) is 17.9. The fraction of sp³-hybridized carbons (Fsp3) is 0.562. The van der Waals surface area contributed by atoms with Gasteiger partial charge in [-0.05, 0) is 37.3 Å². The molecule has 0 bridgehead atoms. The van der Waals surface area contributed by atoms with Gasteiger partial charge in [-0.1, -0.05) is 13.3 Å². The fourth-order valence-corrected chi connectivity index (χ4v) is 2.89. The van der Waals surface area contributed by atoms with Crippen LogP contribution in [0.5, 0.6) is 0 Å². The van der Waals surface area contributed by atoms with E-state index in [0.29, 0.717) is 6.54 Å². The predicted molar refractivity (Wildman–Crippen MR) is 111 cm³/mol. The first-order valence-electron chi connectivity index (χ1n) is 8.01. The molecular weight excluding hydrogens is 435 g/mol. The van der Waals surface area contributed by atoms with Crippen molar-refractivity contribution in [3.63, 3.8) is 0 Å². The number of halogens is 1. The van der Waals surface area contributed by atoms with E-state index in [1.54, 1.807) is 11.3 Å². The Kier molecular flexibility index (Phi) is 9.27. The second kappa shape index (κ2) is 10.7. The van der Waals surface area contributed by atoms with E-state index in [1.165, 1.54) is 10.4 Å². The van der Waals surface area contributed by atoms with Crippen molar-refractivity contribution in [2.24, 2.45) is 12.0 Å². The minimum absolute atomic E-state index is 0. The van der Waals surface area contributed by atoms with Crippen LogP contribution in [0.1, 0.15) is 41.9 Å². The van der Waals surface area contributed by atoms with Crippen LogP contribution in [-0.4, -0.2) is 27.3 Å². The SMILES string of the molecule is CCCCNC(=NCc1nnc(C)n1C)NCc1sccc1C.I. The molecule has 0 saturated heterocycles. The third-order valence-corrected chi connectivity index (χ3v) is 4.79. The quantitative estimate of drug-likeness (QED) is 0.287. The molecule has 2 aromatic heterocycles. The Labute approximate surface area is 165 Å². The molecule has 0 saturated carbocycles. The van der Waals surface area contributed by atoms with Gasteiger partial charge >= 0.3 is 0 Å². The molecule has 0 aliphatic heterocycles. The lowest BCUT2D eigenvalue weighted by Gasteiger charge is -2.12. The molecule has 0 unspecified atom stereocenters. The van der Waals surface area contributed by atoms with Crippen LogP contribution >= 0.6 is 35.3 Å². The molecule has 0 aliphatic carbocycles. The molecule has 2 aromatic rings. The Morgan fingerprint density at radius 1 is 1.29 bits per heavy atom. The summed E-state index contributed by atoms with van der Waals surface area (Å²) in [6.45, 7) is 8.49. The largest absolute Gasteiger partial charge is 0.356 e. The van der Waals surface area contributed by atoms with E-state index in [9.17, 15) is 0 Å². The van der Waals surface area contributed by atoms with Crippen molar-refractivity contribution in [3.05, 3.63) is 33.5 Å². The number of nitrogens with one attached hydrogen (secondary N) is 2. The highest BCUT2D eigenvalue weighted by molar-refractivity contribution is 14.0. The lowest BCUT2D eigenvalue weighted by molar-refractivity contribution is 0.717. The van der Waals surface area contributed by atoms with Crippen LogP contribution in [0.15, 0.2) is 16.4 Å². The zero-order valence-electron chi connectivity index (χ0n) is 14.8. The summed E-state index contributed by atoms with van der Waals surface area (Å²) < 4.78 is 1.97. The van der Waals surface area contributed by atoms with E-state index in [1.807, 2.05) is 18.5 Å². The second-order valence-corrected chi connectivity index (χ2v) is 6.55. The first-order chi connectivity index (χ1) is 11.1. The highest BCUT2D eigenvalue weighted by Crippen LogP contribution is 2.14. The number of aliphatic imine (C=N–C) groups is 1. The van der Waals surface area contributed by atoms with Gasteiger partial charge in [0.15, 0.2) is 11.8 Å². The molecule has 2 N–H and O–H groups in total. The monoisotopic (exact) mass is 462 g/mol. The maximum atomic E-state index is 4.64. The van der Waals surface area contributed by atoms with Crippen molar-refractivity contribution in [1.82, 2.24) is 25.4 Å². The molecule has 8 heteroatoms. The fourth-order valence-electron chi connectivity index (χ4n) is 2.05. The van der Waals surface area contributed by atoms with Crippen LogP contribution < -0.4 is 10.6 Å². The Morgan fingerprint density at radius 3 is 2.67 bits per heavy atom. The number of unbranched alkanes of at least 4 members (excludes halogenated alkanes) is 1. The summed E-state index contributed by atoms with van der Waals surface area (Å²) in [7, 11) is 1.97. The van der Waals surface area contributed by atoms with Gasteiger partial charge in [0, 0.05) is 18.5 Å². The number of nitrogens with zero attached hydrogens (tertiary/aromatic N) is 4. The molecule has 0 spiro atoms. The van der Waals surface area contributed by atoms with Crippen LogP contribution in [0.2, 0.25) is 0 Å². The van der Waals surface area contributed by atoms with Gasteiger partial charge in [0.2, 0.25) is 0 Å². The average Bonchev–Trinajstić information content (AvgIpc) is 3.09. The van der Waals surface area contributed by atoms with Gasteiger partial charge in [0.1, 0.15) is 12.4 Å². The van der Waals surface area contributed by atoms with Crippen LogP contribution in [0.3, 0.4) is 0 Å². The normalized spacial score (nSPS) is 11.2. The summed E-state index contributed by atoms with van der Waals surface area (Å²) in [5.41, 5.74) is 1.32. The van der Waals surface area contributed by atoms with Crippen LogP contribution in [0.25, 0.3) is 0 Å². The van der Waals surface area contributed by atoms with Gasteiger partial charge in [-0.2, -0.15) is 0 Å². The van der Waals surface area contributed by atoms with E-state index >= 15 is 0 Å². The molecule has 0 aliphatic rings. The molecule has 0 radical (unpaired) electrons. The van der Waals surface area contributed by atoms with Crippen molar-refractivity contribution in [2.75, 3.05) is 6.54 Å². The number of aryl methyl sites for hydroxylation is 2. The van der Waals surface area contributed by atoms with Crippen molar-refractivity contribution >= 4 is 41.3 Å². The average molecular weight is 462 g/mol. The zero-order chi connectivity index (χ0) is 16.7. The van der Waals surface area contributed by atoms with E-state index in [4.69, 9.17) is 0 Å². The standard InChI is InChI=1S/C16H26N6S.HI/c1-5-6-8-17-16(18-10-14-12(2)7-9-23-14)19-11-15-21-20-13(3)22(15)4;/h7,9H,5-6,8,10-11H2,1-4H3,(H2,17,18,19);1H. The van der Waals surface area contributed by atoms with Crippen molar-refractivity contribution in [2.45, 2.75) is 46.7 Å². The molecular formula is C16H27IN6S. The molecule has 2 rings (SSSR count). The topological polar surface area (TPSA) is 67.1 Å². The molecule has 2 heterocycles. The lowest BCUT2D eigenvalue weighted by Crippen LogP contribution is -2.37. The van der Waals surface area contributed by atoms with Crippen molar-refractivity contribution < 1.29 is 0 Å². The third-order valence-electron chi connectivity index (χ3n) is 3.77. The summed E-state index contributed by atoms with van der Waals surface area (Å²) >= 11 is 1.77. The molecule has 134 valence electrons. The van der Waals surface area contributed by atoms with Gasteiger partial charge < -0.3 is 15.2 Å². The first-order valence-corrected chi connectivity index (χ1v) is 8.89. The molecule has 0 fully saturated rings. The van der Waals surface area contributed by atoms with Crippen LogP contribution in [0, 0.1) is 13.8 Å². The highest BCUT2D eigenvalue weighted by Gasteiger charge is 2.06. The Hall–Kier alpha value is -1.16. The summed E-state index contributed by atoms with van der Waals surface area (Å²) in [6.07, 6.45) is 2.29. The van der Waals surface area contributed by atoms with E-state index in [0.717, 1.165) is 43.5 Å². The molecule has 6 nitrogen and oxygen atoms in total. The lowest BCUT2D eigenvalue weighted by atomic mass is 10.3. The Morgan fingerprint density at radius 2 is 2.08 bits per heavy atom. The van der Waals surface area contributed by atoms with E-state index in [2.05, 4.69) is 51.1 Å². The van der Waals surface area contributed by atoms with Gasteiger partial charge in [-0.25, -0.2) is 4.99 Å². The minimum Gasteiger partial charge on any atom is -0.356 e. The molecule has 24 heavy (non-hydrogen) atoms. The summed E-state index contributed by atoms with van der Waals surface area (Å²) in [4.78, 5) is 5.98. The maximum absolute atomic E-state index is 4.64. The number of rotatable bonds is 7. The number of aromatic nitrogens is 3. The first kappa shape index (κ1) is 20.9. The van der Waals surface area contributed by atoms with Crippen molar-refractivity contribution in [3.8, 4) is 0 Å². The highest BCUT2D eigenvalue weighted by atomic mass is 127. The summed E-state index contributed by atoms with van der Waals surface area (Å²) in [5.74, 6) is 2.59. The van der Waals surface area contributed by atoms with Gasteiger partial charge in [0.25, 0.3) is 0 Å². The second-order valence-electron chi connectivity index (χ2n) is 5.55. The van der Waals surface area contributed by atoms with Gasteiger partial charge in [-0.3, -0.25) is 0 Å². The number of thiophene rings is 1. The maximum Gasteiger partial charge on any atom is 0.192 e.